The molecule has 1 aliphatic rings. The maximum Gasteiger partial charge on any atom is 0.335 e. The van der Waals surface area contributed by atoms with Crippen molar-refractivity contribution in [3.05, 3.63) is 71.3 Å². The van der Waals surface area contributed by atoms with E-state index in [-0.39, 0.29) is 23.3 Å². The smallest absolute Gasteiger partial charge is 0.335 e. The van der Waals surface area contributed by atoms with Crippen LogP contribution in [0.25, 0.3) is 0 Å². The van der Waals surface area contributed by atoms with Gasteiger partial charge in [0, 0.05) is 18.0 Å². The van der Waals surface area contributed by atoms with Crippen LogP contribution in [0.4, 0.5) is 0 Å². The van der Waals surface area contributed by atoms with E-state index in [0.29, 0.717) is 37.8 Å². The Morgan fingerprint density at radius 1 is 1.03 bits per heavy atom. The van der Waals surface area contributed by atoms with Crippen LogP contribution < -0.4 is 5.32 Å². The van der Waals surface area contributed by atoms with Gasteiger partial charge in [0.2, 0.25) is 0 Å². The summed E-state index contributed by atoms with van der Waals surface area (Å²) in [6.45, 7) is 2.13. The van der Waals surface area contributed by atoms with Gasteiger partial charge in [-0.25, -0.2) is 4.79 Å². The molecule has 4 atom stereocenters. The highest BCUT2D eigenvalue weighted by molar-refractivity contribution is 5.95. The molecule has 0 radical (unpaired) electrons. The molecule has 1 fully saturated rings. The molecule has 6 nitrogen and oxygen atoms in total. The molecule has 0 saturated heterocycles. The van der Waals surface area contributed by atoms with Gasteiger partial charge in [-0.1, -0.05) is 36.8 Å². The number of nitrogens with one attached hydrogen (secondary N) is 1. The van der Waals surface area contributed by atoms with Gasteiger partial charge >= 0.3 is 5.97 Å². The first kappa shape index (κ1) is 23.0. The number of aliphatic hydroxyl groups is 2. The topological polar surface area (TPSA) is 107 Å². The molecule has 1 amide bonds. The molecule has 2 aromatic rings. The Morgan fingerprint density at radius 3 is 2.32 bits per heavy atom. The normalized spacial score (nSPS) is 26.9. The summed E-state index contributed by atoms with van der Waals surface area (Å²) in [5, 5.41) is 33.7. The Kier molecular flexibility index (Phi) is 7.46. The molecule has 1 aliphatic carbocycles. The molecule has 4 N–H and O–H groups in total. The zero-order valence-corrected chi connectivity index (χ0v) is 17.8. The molecule has 0 aliphatic heterocycles. The highest BCUT2D eigenvalue weighted by Crippen LogP contribution is 2.38. The highest BCUT2D eigenvalue weighted by Gasteiger charge is 2.36. The highest BCUT2D eigenvalue weighted by atomic mass is 16.4. The maximum absolute atomic E-state index is 12.6. The molecule has 31 heavy (non-hydrogen) atoms. The van der Waals surface area contributed by atoms with Crippen LogP contribution in [0.1, 0.15) is 71.2 Å². The zero-order valence-electron chi connectivity index (χ0n) is 17.8. The summed E-state index contributed by atoms with van der Waals surface area (Å²) < 4.78 is 0. The lowest BCUT2D eigenvalue weighted by atomic mass is 9.77. The number of carbonyl (C=O) groups is 2. The van der Waals surface area contributed by atoms with E-state index >= 15 is 0 Å². The van der Waals surface area contributed by atoms with Crippen molar-refractivity contribution >= 4 is 11.9 Å². The summed E-state index contributed by atoms with van der Waals surface area (Å²) in [7, 11) is 0. The predicted octanol–water partition coefficient (Wildman–Crippen LogP) is 3.59. The van der Waals surface area contributed by atoms with Gasteiger partial charge in [0.25, 0.3) is 5.91 Å². The number of hydrogen-bond acceptors (Lipinski definition) is 4. The van der Waals surface area contributed by atoms with Crippen LogP contribution in [0, 0.1) is 5.92 Å². The fourth-order valence-electron chi connectivity index (χ4n) is 4.49. The molecule has 1 saturated carbocycles. The summed E-state index contributed by atoms with van der Waals surface area (Å²) in [6, 6.07) is 15.7. The third-order valence-electron chi connectivity index (χ3n) is 6.36. The second-order valence-corrected chi connectivity index (χ2v) is 8.78. The van der Waals surface area contributed by atoms with E-state index in [1.165, 1.54) is 24.3 Å². The molecule has 0 bridgehead atoms. The van der Waals surface area contributed by atoms with E-state index in [4.69, 9.17) is 5.11 Å². The second kappa shape index (κ2) is 10.1. The number of benzene rings is 2. The monoisotopic (exact) mass is 425 g/mol. The van der Waals surface area contributed by atoms with Crippen LogP contribution in [0.3, 0.4) is 0 Å². The molecular weight excluding hydrogens is 394 g/mol. The van der Waals surface area contributed by atoms with E-state index in [2.05, 4.69) is 5.32 Å². The standard InChI is InChI=1S/C25H31NO5/c1-25(31)15-20(17-6-3-2-4-7-17)14-22(27)9-5-8-21(25)16-26-23(28)18-10-12-19(13-11-18)24(29)30/h2-4,6-7,10-13,20-22,27,31H,5,8-9,14-16H2,1H3,(H,26,28)(H,29,30)/t20-,21+,22-,25-/m1/s1. The Hall–Kier alpha value is -2.70. The summed E-state index contributed by atoms with van der Waals surface area (Å²) in [5.74, 6) is -1.46. The van der Waals surface area contributed by atoms with Crippen molar-refractivity contribution in [1.29, 1.82) is 0 Å². The lowest BCUT2D eigenvalue weighted by Crippen LogP contribution is -2.43. The van der Waals surface area contributed by atoms with Crippen molar-refractivity contribution in [2.45, 2.75) is 56.7 Å². The minimum absolute atomic E-state index is 0.0334. The van der Waals surface area contributed by atoms with Crippen molar-refractivity contribution < 1.29 is 24.9 Å². The van der Waals surface area contributed by atoms with Gasteiger partial charge in [-0.15, -0.1) is 0 Å². The average molecular weight is 426 g/mol. The van der Waals surface area contributed by atoms with Crippen molar-refractivity contribution in [3.63, 3.8) is 0 Å². The predicted molar refractivity (Wildman–Crippen MR) is 118 cm³/mol. The Bertz CT molecular complexity index is 879. The molecule has 2 aromatic carbocycles. The van der Waals surface area contributed by atoms with Crippen molar-refractivity contribution in [1.82, 2.24) is 5.32 Å². The molecule has 3 rings (SSSR count). The van der Waals surface area contributed by atoms with E-state index in [0.717, 1.165) is 12.0 Å². The SMILES string of the molecule is C[C@@]1(O)C[C@H](c2ccccc2)C[C@H](O)CCC[C@H]1CNC(=O)c1ccc(C(=O)O)cc1. The minimum atomic E-state index is -1.04. The Labute approximate surface area is 182 Å². The number of carboxylic acid groups (broad SMARTS) is 1. The number of rotatable bonds is 5. The molecule has 0 unspecified atom stereocenters. The maximum atomic E-state index is 12.6. The van der Waals surface area contributed by atoms with Gasteiger partial charge in [-0.2, -0.15) is 0 Å². The summed E-state index contributed by atoms with van der Waals surface area (Å²) in [5.41, 5.74) is 0.599. The minimum Gasteiger partial charge on any atom is -0.478 e. The summed E-state index contributed by atoms with van der Waals surface area (Å²) >= 11 is 0. The third kappa shape index (κ3) is 6.15. The van der Waals surface area contributed by atoms with Crippen LogP contribution in [0.15, 0.2) is 54.6 Å². The first-order valence-electron chi connectivity index (χ1n) is 10.8. The molecule has 6 heteroatoms. The molecule has 166 valence electrons. The van der Waals surface area contributed by atoms with Crippen molar-refractivity contribution in [3.8, 4) is 0 Å². The lowest BCUT2D eigenvalue weighted by molar-refractivity contribution is -0.0174. The van der Waals surface area contributed by atoms with Crippen LogP contribution in [-0.4, -0.2) is 45.4 Å². The number of aromatic carboxylic acids is 1. The summed E-state index contributed by atoms with van der Waals surface area (Å²) in [6.07, 6.45) is 2.83. The number of amides is 1. The number of aliphatic hydroxyl groups excluding tert-OH is 1. The van der Waals surface area contributed by atoms with Crippen molar-refractivity contribution in [2.24, 2.45) is 5.92 Å². The molecule has 0 heterocycles. The van der Waals surface area contributed by atoms with Crippen molar-refractivity contribution in [2.75, 3.05) is 6.54 Å². The second-order valence-electron chi connectivity index (χ2n) is 8.78. The zero-order chi connectivity index (χ0) is 22.4. The number of carboxylic acids is 1. The van der Waals surface area contributed by atoms with Gasteiger partial charge in [0.05, 0.1) is 17.3 Å². The number of hydrogen-bond donors (Lipinski definition) is 4. The van der Waals surface area contributed by atoms with E-state index in [1.54, 1.807) is 0 Å². The van der Waals surface area contributed by atoms with Gasteiger partial charge in [0.15, 0.2) is 0 Å². The Morgan fingerprint density at radius 2 is 1.68 bits per heavy atom. The molecule has 0 aromatic heterocycles. The fourth-order valence-corrected chi connectivity index (χ4v) is 4.49. The van der Waals surface area contributed by atoms with Crippen LogP contribution in [0.5, 0.6) is 0 Å². The van der Waals surface area contributed by atoms with E-state index in [1.807, 2.05) is 37.3 Å². The van der Waals surface area contributed by atoms with Gasteiger partial charge in [0.1, 0.15) is 0 Å². The molecule has 0 spiro atoms. The first-order chi connectivity index (χ1) is 14.8. The fraction of sp³-hybridized carbons (Fsp3) is 0.440. The lowest BCUT2D eigenvalue weighted by Gasteiger charge is -2.35. The van der Waals surface area contributed by atoms with Gasteiger partial charge in [-0.05, 0) is 68.4 Å². The average Bonchev–Trinajstić information content (AvgIpc) is 2.80. The summed E-state index contributed by atoms with van der Waals surface area (Å²) in [4.78, 5) is 23.5. The van der Waals surface area contributed by atoms with Crippen LogP contribution in [0.2, 0.25) is 0 Å². The van der Waals surface area contributed by atoms with Crippen LogP contribution in [-0.2, 0) is 0 Å². The van der Waals surface area contributed by atoms with E-state index < -0.39 is 17.7 Å². The van der Waals surface area contributed by atoms with Crippen LogP contribution >= 0.6 is 0 Å². The third-order valence-corrected chi connectivity index (χ3v) is 6.36. The largest absolute Gasteiger partial charge is 0.478 e. The molecular formula is C25H31NO5. The quantitative estimate of drug-likeness (QED) is 0.586. The van der Waals surface area contributed by atoms with E-state index in [9.17, 15) is 19.8 Å². The Balaban J connectivity index is 1.70. The first-order valence-corrected chi connectivity index (χ1v) is 10.8. The van der Waals surface area contributed by atoms with Gasteiger partial charge in [-0.3, -0.25) is 4.79 Å². The van der Waals surface area contributed by atoms with Gasteiger partial charge < -0.3 is 20.6 Å². The number of carbonyl (C=O) groups excluding carboxylic acids is 1.